The van der Waals surface area contributed by atoms with E-state index in [9.17, 15) is 25.3 Å². The van der Waals surface area contributed by atoms with Crippen LogP contribution >= 0.6 is 0 Å². The highest BCUT2D eigenvalue weighted by Crippen LogP contribution is 2.56. The average molecular weight is 432 g/mol. The number of fused-ring (bicyclic) bond motifs is 4. The number of rotatable bonds is 0. The van der Waals surface area contributed by atoms with Gasteiger partial charge in [-0.2, -0.15) is 15.8 Å². The Hall–Kier alpha value is -5.06. The Morgan fingerprint density at radius 1 is 0.879 bits per heavy atom. The summed E-state index contributed by atoms with van der Waals surface area (Å²) in [6, 6.07) is 16.0. The molecule has 0 fully saturated rings. The molecule has 2 aromatic carbocycles. The Bertz CT molecular complexity index is 1610. The van der Waals surface area contributed by atoms with E-state index in [1.54, 1.807) is 30.5 Å². The number of pyridine rings is 1. The minimum atomic E-state index is -1.18. The van der Waals surface area contributed by atoms with Crippen molar-refractivity contribution in [1.82, 2.24) is 4.98 Å². The molecule has 154 valence electrons. The summed E-state index contributed by atoms with van der Waals surface area (Å²) in [4.78, 5) is 4.39. The van der Waals surface area contributed by atoms with Gasteiger partial charge in [-0.15, -0.1) is 0 Å². The first-order valence-electron chi connectivity index (χ1n) is 9.69. The van der Waals surface area contributed by atoms with Crippen molar-refractivity contribution >= 4 is 16.7 Å². The first kappa shape index (κ1) is 19.9. The lowest BCUT2D eigenvalue weighted by molar-refractivity contribution is 0.477. The highest BCUT2D eigenvalue weighted by Gasteiger charge is 2.39. The summed E-state index contributed by atoms with van der Waals surface area (Å²) in [5.74, 6) is -2.34. The Labute approximate surface area is 186 Å². The maximum atomic E-state index is 15.0. The minimum absolute atomic E-state index is 0.0343. The molecule has 2 aliphatic rings. The Kier molecular flexibility index (Phi) is 4.38. The number of benzene rings is 2. The number of hydrogen-bond donors (Lipinski definition) is 1. The molecule has 33 heavy (non-hydrogen) atoms. The number of phenols is 1. The van der Waals surface area contributed by atoms with Crippen LogP contribution in [-0.2, 0) is 0 Å². The summed E-state index contributed by atoms with van der Waals surface area (Å²) >= 11 is 0. The molecule has 0 bridgehead atoms. The van der Waals surface area contributed by atoms with Crippen molar-refractivity contribution in [3.05, 3.63) is 99.8 Å². The smallest absolute Gasteiger partial charge is 0.167 e. The lowest BCUT2D eigenvalue weighted by atomic mass is 9.89. The van der Waals surface area contributed by atoms with Gasteiger partial charge in [-0.25, -0.2) is 8.78 Å². The summed E-state index contributed by atoms with van der Waals surface area (Å²) in [6.07, 6.45) is 2.62. The monoisotopic (exact) mass is 432 g/mol. The summed E-state index contributed by atoms with van der Waals surface area (Å²) in [6.45, 7) is 0. The van der Waals surface area contributed by atoms with Crippen molar-refractivity contribution in [3.63, 3.8) is 0 Å². The van der Waals surface area contributed by atoms with E-state index in [-0.39, 0.29) is 39.2 Å². The fourth-order valence-corrected chi connectivity index (χ4v) is 4.50. The topological polar surface area (TPSA) is 104 Å². The summed E-state index contributed by atoms with van der Waals surface area (Å²) < 4.78 is 29.3. The van der Waals surface area contributed by atoms with Crippen molar-refractivity contribution in [3.8, 4) is 35.2 Å². The van der Waals surface area contributed by atoms with E-state index in [1.165, 1.54) is 12.1 Å². The number of aromatic nitrogens is 1. The van der Waals surface area contributed by atoms with E-state index in [4.69, 9.17) is 0 Å². The minimum Gasteiger partial charge on any atom is -0.507 e. The van der Waals surface area contributed by atoms with Crippen molar-refractivity contribution < 1.29 is 13.9 Å². The zero-order chi connectivity index (χ0) is 23.3. The molecule has 5 nitrogen and oxygen atoms in total. The second-order valence-electron chi connectivity index (χ2n) is 7.29. The van der Waals surface area contributed by atoms with Crippen molar-refractivity contribution in [2.24, 2.45) is 0 Å². The molecule has 1 N–H and O–H groups in total. The van der Waals surface area contributed by atoms with Gasteiger partial charge in [0.25, 0.3) is 0 Å². The predicted octanol–water partition coefficient (Wildman–Crippen LogP) is 5.27. The van der Waals surface area contributed by atoms with Crippen LogP contribution < -0.4 is 0 Å². The third-order valence-electron chi connectivity index (χ3n) is 5.71. The fraction of sp³-hybridized carbons (Fsp3) is 0. The van der Waals surface area contributed by atoms with Crippen molar-refractivity contribution in [1.29, 1.82) is 15.8 Å². The largest absolute Gasteiger partial charge is 0.507 e. The van der Waals surface area contributed by atoms with Gasteiger partial charge in [0.2, 0.25) is 0 Å². The maximum Gasteiger partial charge on any atom is 0.167 e. The molecule has 1 aromatic heterocycles. The standard InChI is InChI=1S/C26H10F2N4O/c27-18-7-6-15-20(13(11-30)12-31)24(16(8-9-29)22(15)25(18)28)21-14-3-1-5-19(33)23(14)26-17(21)4-2-10-32-26/h1-8,10,33H/b16-8+,24-21+. The lowest BCUT2D eigenvalue weighted by Gasteiger charge is -2.12. The molecule has 0 saturated heterocycles. The number of nitrogens with zero attached hydrogens (tertiary/aromatic N) is 4. The van der Waals surface area contributed by atoms with Gasteiger partial charge < -0.3 is 5.11 Å². The van der Waals surface area contributed by atoms with Crippen LogP contribution in [-0.4, -0.2) is 10.1 Å². The molecule has 5 rings (SSSR count). The first-order chi connectivity index (χ1) is 16.0. The molecule has 0 saturated carbocycles. The Morgan fingerprint density at radius 3 is 2.36 bits per heavy atom. The van der Waals surface area contributed by atoms with Crippen molar-refractivity contribution in [2.75, 3.05) is 0 Å². The zero-order valence-corrected chi connectivity index (χ0v) is 16.7. The number of allylic oxidation sites excluding steroid dienone is 5. The SMILES string of the molecule is N#C/C=C1/C(=C2\c3cccnc3-c3c(O)cccc32)C(=C(C#N)C#N)c2ccc(F)c(F)c21. The fourth-order valence-electron chi connectivity index (χ4n) is 4.50. The van der Waals surface area contributed by atoms with Gasteiger partial charge in [-0.1, -0.05) is 24.3 Å². The first-order valence-corrected chi connectivity index (χ1v) is 9.69. The lowest BCUT2D eigenvalue weighted by Crippen LogP contribution is -1.94. The van der Waals surface area contributed by atoms with Gasteiger partial charge in [0.1, 0.15) is 23.5 Å². The molecule has 7 heteroatoms. The zero-order valence-electron chi connectivity index (χ0n) is 16.7. The number of halogens is 2. The van der Waals surface area contributed by atoms with Gasteiger partial charge in [-0.05, 0) is 29.3 Å². The van der Waals surface area contributed by atoms with Gasteiger partial charge in [0.15, 0.2) is 11.6 Å². The second kappa shape index (κ2) is 7.27. The number of hydrogen-bond acceptors (Lipinski definition) is 5. The normalized spacial score (nSPS) is 16.5. The molecule has 0 aliphatic heterocycles. The van der Waals surface area contributed by atoms with Crippen LogP contribution in [0, 0.1) is 45.6 Å². The van der Waals surface area contributed by atoms with E-state index < -0.39 is 11.6 Å². The van der Waals surface area contributed by atoms with Crippen LogP contribution in [0.2, 0.25) is 0 Å². The Balaban J connectivity index is 2.06. The van der Waals surface area contributed by atoms with Crippen LogP contribution in [0.5, 0.6) is 5.75 Å². The maximum absolute atomic E-state index is 15.0. The molecule has 3 aromatic rings. The van der Waals surface area contributed by atoms with E-state index in [0.717, 1.165) is 12.1 Å². The van der Waals surface area contributed by atoms with Crippen LogP contribution in [0.3, 0.4) is 0 Å². The van der Waals surface area contributed by atoms with E-state index in [2.05, 4.69) is 4.98 Å². The van der Waals surface area contributed by atoms with E-state index in [1.807, 2.05) is 18.2 Å². The summed E-state index contributed by atoms with van der Waals surface area (Å²) in [5.41, 5.74) is 2.44. The molecule has 2 aliphatic carbocycles. The van der Waals surface area contributed by atoms with Gasteiger partial charge in [0, 0.05) is 45.7 Å². The van der Waals surface area contributed by atoms with Crippen molar-refractivity contribution in [2.45, 2.75) is 0 Å². The third-order valence-corrected chi connectivity index (χ3v) is 5.71. The molecule has 0 atom stereocenters. The number of phenolic OH excluding ortho intramolecular Hbond substituents is 1. The summed E-state index contributed by atoms with van der Waals surface area (Å²) in [7, 11) is 0. The summed E-state index contributed by atoms with van der Waals surface area (Å²) in [5, 5.41) is 39.4. The number of nitriles is 3. The molecule has 0 radical (unpaired) electrons. The average Bonchev–Trinajstić information content (AvgIpc) is 3.31. The molecular formula is C26H10F2N4O. The second-order valence-corrected chi connectivity index (χ2v) is 7.29. The molecule has 0 spiro atoms. The molecule has 1 heterocycles. The molecule has 0 unspecified atom stereocenters. The predicted molar refractivity (Wildman–Crippen MR) is 115 cm³/mol. The third kappa shape index (κ3) is 2.62. The molecular weight excluding hydrogens is 422 g/mol. The van der Waals surface area contributed by atoms with Gasteiger partial charge >= 0.3 is 0 Å². The van der Waals surface area contributed by atoms with Crippen LogP contribution in [0.15, 0.2) is 65.9 Å². The van der Waals surface area contributed by atoms with Gasteiger partial charge in [-0.3, -0.25) is 4.98 Å². The highest BCUT2D eigenvalue weighted by atomic mass is 19.2. The quantitative estimate of drug-likeness (QED) is 0.381. The highest BCUT2D eigenvalue weighted by molar-refractivity contribution is 6.20. The van der Waals surface area contributed by atoms with Crippen LogP contribution in [0.25, 0.3) is 28.0 Å². The van der Waals surface area contributed by atoms with E-state index in [0.29, 0.717) is 28.0 Å². The Morgan fingerprint density at radius 2 is 1.64 bits per heavy atom. The van der Waals surface area contributed by atoms with Crippen LogP contribution in [0.1, 0.15) is 22.3 Å². The molecule has 0 amide bonds. The van der Waals surface area contributed by atoms with E-state index >= 15 is 4.39 Å². The number of aromatic hydroxyl groups is 1. The van der Waals surface area contributed by atoms with Crippen LogP contribution in [0.4, 0.5) is 8.78 Å². The van der Waals surface area contributed by atoms with Gasteiger partial charge in [0.05, 0.1) is 17.3 Å².